The van der Waals surface area contributed by atoms with E-state index < -0.39 is 18.1 Å². The quantitative estimate of drug-likeness (QED) is 0.612. The number of aliphatic carboxylic acids is 1. The number of hydrogen-bond acceptors (Lipinski definition) is 5. The number of nitrogens with two attached hydrogens (primary N) is 1. The number of carbonyl (C=O) groups excluding carboxylic acids is 1. The lowest BCUT2D eigenvalue weighted by atomic mass is 10.1. The number of benzene rings is 1. The number of aliphatic hydroxyl groups excluding tert-OH is 1. The smallest absolute Gasteiger partial charge is 0.332 e. The fourth-order valence-corrected chi connectivity index (χ4v) is 1.94. The Morgan fingerprint density at radius 3 is 2.38 bits per heavy atom. The highest BCUT2D eigenvalue weighted by atomic mass is 16.5. The lowest BCUT2D eigenvalue weighted by Crippen LogP contribution is -2.35. The third kappa shape index (κ3) is 6.02. The molecule has 7 heteroatoms. The molecule has 0 fully saturated rings. The van der Waals surface area contributed by atoms with E-state index in [-0.39, 0.29) is 12.1 Å². The number of nitrogens with one attached hydrogen (secondary N) is 1. The van der Waals surface area contributed by atoms with E-state index in [2.05, 4.69) is 4.98 Å². The molecule has 0 bridgehead atoms. The molecular weight excluding hydrogens is 312 g/mol. The number of esters is 1. The standard InChI is InChI=1S/C14H18N2O2.C3H6O3/c1-9(2)18-14(17)12(15)7-10-8-16-13-6-4-3-5-11(10)13;1-2(4)3(5)6/h3-6,8-9,12,16H,7,15H2,1-2H3;2,4H,1H3,(H,5,6)/t12-;/m0./s1. The molecule has 0 amide bonds. The van der Waals surface area contributed by atoms with Gasteiger partial charge in [0.25, 0.3) is 0 Å². The highest BCUT2D eigenvalue weighted by molar-refractivity contribution is 5.84. The van der Waals surface area contributed by atoms with Gasteiger partial charge in [0.05, 0.1) is 6.10 Å². The van der Waals surface area contributed by atoms with Gasteiger partial charge in [-0.1, -0.05) is 18.2 Å². The molecule has 1 aromatic carbocycles. The van der Waals surface area contributed by atoms with E-state index in [0.717, 1.165) is 16.5 Å². The normalized spacial score (nSPS) is 13.1. The van der Waals surface area contributed by atoms with Crippen LogP contribution in [0.2, 0.25) is 0 Å². The molecule has 7 nitrogen and oxygen atoms in total. The third-order valence-corrected chi connectivity index (χ3v) is 3.13. The minimum absolute atomic E-state index is 0.133. The molecule has 0 aliphatic rings. The van der Waals surface area contributed by atoms with Crippen LogP contribution in [0.3, 0.4) is 0 Å². The molecule has 5 N–H and O–H groups in total. The monoisotopic (exact) mass is 336 g/mol. The Morgan fingerprint density at radius 2 is 1.83 bits per heavy atom. The Bertz CT molecular complexity index is 678. The molecule has 24 heavy (non-hydrogen) atoms. The van der Waals surface area contributed by atoms with Crippen LogP contribution in [0.25, 0.3) is 10.9 Å². The van der Waals surface area contributed by atoms with Gasteiger partial charge in [-0.05, 0) is 32.4 Å². The van der Waals surface area contributed by atoms with E-state index in [4.69, 9.17) is 20.7 Å². The first-order chi connectivity index (χ1) is 11.2. The molecule has 1 heterocycles. The second-order valence-electron chi connectivity index (χ2n) is 5.67. The van der Waals surface area contributed by atoms with Crippen molar-refractivity contribution in [2.75, 3.05) is 0 Å². The van der Waals surface area contributed by atoms with Gasteiger partial charge in [0.1, 0.15) is 12.1 Å². The molecule has 1 unspecified atom stereocenters. The number of rotatable bonds is 5. The van der Waals surface area contributed by atoms with E-state index in [1.165, 1.54) is 6.92 Å². The number of carbonyl (C=O) groups is 2. The summed E-state index contributed by atoms with van der Waals surface area (Å²) >= 11 is 0. The maximum absolute atomic E-state index is 11.7. The van der Waals surface area contributed by atoms with Crippen LogP contribution in [0.5, 0.6) is 0 Å². The molecule has 0 aliphatic heterocycles. The summed E-state index contributed by atoms with van der Waals surface area (Å²) in [6.07, 6.45) is 1.01. The summed E-state index contributed by atoms with van der Waals surface area (Å²) in [6.45, 7) is 4.83. The van der Waals surface area contributed by atoms with Crippen molar-refractivity contribution in [3.63, 3.8) is 0 Å². The van der Waals surface area contributed by atoms with E-state index in [0.29, 0.717) is 6.42 Å². The topological polar surface area (TPSA) is 126 Å². The molecule has 0 radical (unpaired) electrons. The Hall–Kier alpha value is -2.38. The number of ether oxygens (including phenoxy) is 1. The number of para-hydroxylation sites is 1. The minimum atomic E-state index is -1.23. The van der Waals surface area contributed by atoms with Crippen molar-refractivity contribution in [1.29, 1.82) is 0 Å². The summed E-state index contributed by atoms with van der Waals surface area (Å²) in [5, 5.41) is 16.9. The van der Waals surface area contributed by atoms with Gasteiger partial charge < -0.3 is 25.7 Å². The molecule has 2 rings (SSSR count). The zero-order valence-electron chi connectivity index (χ0n) is 14.0. The number of fused-ring (bicyclic) bond motifs is 1. The predicted octanol–water partition coefficient (Wildman–Crippen LogP) is 1.44. The number of hydrogen-bond donors (Lipinski definition) is 4. The maximum Gasteiger partial charge on any atom is 0.332 e. The number of aromatic nitrogens is 1. The predicted molar refractivity (Wildman–Crippen MR) is 90.5 cm³/mol. The Balaban J connectivity index is 0.000000413. The van der Waals surface area contributed by atoms with E-state index in [1.807, 2.05) is 44.3 Å². The Morgan fingerprint density at radius 1 is 1.25 bits per heavy atom. The molecule has 0 saturated carbocycles. The van der Waals surface area contributed by atoms with Gasteiger partial charge in [0, 0.05) is 23.5 Å². The zero-order valence-corrected chi connectivity index (χ0v) is 14.0. The van der Waals surface area contributed by atoms with Gasteiger partial charge >= 0.3 is 11.9 Å². The first-order valence-electron chi connectivity index (χ1n) is 7.64. The van der Waals surface area contributed by atoms with Crippen molar-refractivity contribution >= 4 is 22.8 Å². The van der Waals surface area contributed by atoms with Crippen LogP contribution in [-0.4, -0.2) is 45.4 Å². The van der Waals surface area contributed by atoms with Gasteiger partial charge in [-0.15, -0.1) is 0 Å². The summed E-state index contributed by atoms with van der Waals surface area (Å²) in [4.78, 5) is 24.3. The molecular formula is C17H24N2O5. The van der Waals surface area contributed by atoms with Gasteiger partial charge in [-0.2, -0.15) is 0 Å². The SMILES string of the molecule is CC(C)OC(=O)[C@@H](N)Cc1c[nH]c2ccccc12.CC(O)C(=O)O. The van der Waals surface area contributed by atoms with Gasteiger partial charge in [-0.25, -0.2) is 4.79 Å². The van der Waals surface area contributed by atoms with Gasteiger partial charge in [0.2, 0.25) is 0 Å². The van der Waals surface area contributed by atoms with Crippen LogP contribution in [0.1, 0.15) is 26.3 Å². The second-order valence-corrected chi connectivity index (χ2v) is 5.67. The van der Waals surface area contributed by atoms with Gasteiger partial charge in [-0.3, -0.25) is 4.79 Å². The first-order valence-corrected chi connectivity index (χ1v) is 7.64. The van der Waals surface area contributed by atoms with Crippen molar-refractivity contribution in [1.82, 2.24) is 4.98 Å². The number of aromatic amines is 1. The van der Waals surface area contributed by atoms with Crippen LogP contribution in [0, 0.1) is 0 Å². The van der Waals surface area contributed by atoms with Crippen molar-refractivity contribution in [2.45, 2.75) is 45.4 Å². The minimum Gasteiger partial charge on any atom is -0.479 e. The molecule has 1 aromatic heterocycles. The summed E-state index contributed by atoms with van der Waals surface area (Å²) in [5.41, 5.74) is 7.95. The van der Waals surface area contributed by atoms with Crippen molar-refractivity contribution in [3.05, 3.63) is 36.0 Å². The van der Waals surface area contributed by atoms with Crippen LogP contribution < -0.4 is 5.73 Å². The van der Waals surface area contributed by atoms with Crippen molar-refractivity contribution < 1.29 is 24.5 Å². The molecule has 0 saturated heterocycles. The number of H-pyrrole nitrogens is 1. The molecule has 0 aliphatic carbocycles. The number of aliphatic hydroxyl groups is 1. The lowest BCUT2D eigenvalue weighted by Gasteiger charge is -2.13. The number of carboxylic acid groups (broad SMARTS) is 1. The molecule has 0 spiro atoms. The van der Waals surface area contributed by atoms with E-state index in [9.17, 15) is 9.59 Å². The van der Waals surface area contributed by atoms with Crippen LogP contribution in [0.15, 0.2) is 30.5 Å². The third-order valence-electron chi connectivity index (χ3n) is 3.13. The molecule has 2 aromatic rings. The summed E-state index contributed by atoms with van der Waals surface area (Å²) in [5.74, 6) is -1.54. The summed E-state index contributed by atoms with van der Waals surface area (Å²) < 4.78 is 5.10. The summed E-state index contributed by atoms with van der Waals surface area (Å²) in [6, 6.07) is 7.33. The summed E-state index contributed by atoms with van der Waals surface area (Å²) in [7, 11) is 0. The van der Waals surface area contributed by atoms with Crippen LogP contribution >= 0.6 is 0 Å². The maximum atomic E-state index is 11.7. The first kappa shape index (κ1) is 19.7. The fourth-order valence-electron chi connectivity index (χ4n) is 1.94. The zero-order chi connectivity index (χ0) is 18.3. The van der Waals surface area contributed by atoms with Crippen LogP contribution in [-0.2, 0) is 20.7 Å². The molecule has 132 valence electrons. The average molecular weight is 336 g/mol. The van der Waals surface area contributed by atoms with Gasteiger partial charge in [0.15, 0.2) is 0 Å². The van der Waals surface area contributed by atoms with E-state index >= 15 is 0 Å². The molecule has 2 atom stereocenters. The van der Waals surface area contributed by atoms with Crippen LogP contribution in [0.4, 0.5) is 0 Å². The van der Waals surface area contributed by atoms with Crippen molar-refractivity contribution in [3.8, 4) is 0 Å². The lowest BCUT2D eigenvalue weighted by molar-refractivity contribution is -0.149. The largest absolute Gasteiger partial charge is 0.479 e. The van der Waals surface area contributed by atoms with E-state index in [1.54, 1.807) is 0 Å². The highest BCUT2D eigenvalue weighted by Gasteiger charge is 2.18. The Labute approximate surface area is 140 Å². The average Bonchev–Trinajstić information content (AvgIpc) is 2.90. The number of carboxylic acids is 1. The van der Waals surface area contributed by atoms with Crippen molar-refractivity contribution in [2.24, 2.45) is 5.73 Å². The Kier molecular flexibility index (Phi) is 7.41. The highest BCUT2D eigenvalue weighted by Crippen LogP contribution is 2.19. The fraction of sp³-hybridized carbons (Fsp3) is 0.412. The second kappa shape index (κ2) is 9.05.